The minimum absolute atomic E-state index is 0.122. The molecule has 0 aliphatic rings. The molecule has 1 rings (SSSR count). The lowest BCUT2D eigenvalue weighted by Crippen LogP contribution is -2.23. The first-order chi connectivity index (χ1) is 13.0. The fourth-order valence-electron chi connectivity index (χ4n) is 1.48. The van der Waals surface area contributed by atoms with Gasteiger partial charge in [-0.25, -0.2) is 0 Å². The molecule has 2 heteroatoms. The Morgan fingerprint density at radius 3 is 2.00 bits per heavy atom. The number of unbranched alkanes of at least 4 members (excludes halogenated alkanes) is 1. The molecule has 0 bridgehead atoms. The van der Waals surface area contributed by atoms with Gasteiger partial charge in [-0.05, 0) is 53.2 Å². The molecule has 0 unspecified atom stereocenters. The molecule has 2 nitrogen and oxygen atoms in total. The molecule has 1 N–H and O–H groups in total. The molecular weight excluding hydrogens is 330 g/mol. The van der Waals surface area contributed by atoms with E-state index in [1.54, 1.807) is 0 Å². The van der Waals surface area contributed by atoms with E-state index < -0.39 is 0 Å². The van der Waals surface area contributed by atoms with Crippen molar-refractivity contribution in [2.45, 2.75) is 74.7 Å². The lowest BCUT2D eigenvalue weighted by Gasteiger charge is -2.00. The van der Waals surface area contributed by atoms with Crippen molar-refractivity contribution in [1.29, 1.82) is 0 Å². The van der Waals surface area contributed by atoms with Gasteiger partial charge in [0, 0.05) is 18.5 Å². The topological polar surface area (TPSA) is 29.1 Å². The number of carbonyl (C=O) groups excluding carboxylic acids is 1. The summed E-state index contributed by atoms with van der Waals surface area (Å²) in [7, 11) is 0. The highest BCUT2D eigenvalue weighted by Crippen LogP contribution is 2.00. The predicted molar refractivity (Wildman–Crippen MR) is 122 cm³/mol. The van der Waals surface area contributed by atoms with Gasteiger partial charge in [0.15, 0.2) is 0 Å². The maximum atomic E-state index is 10.9. The molecule has 1 aromatic rings. The molecule has 0 saturated heterocycles. The summed E-state index contributed by atoms with van der Waals surface area (Å²) in [4.78, 5) is 10.9. The van der Waals surface area contributed by atoms with Crippen molar-refractivity contribution in [3.05, 3.63) is 47.5 Å². The summed E-state index contributed by atoms with van der Waals surface area (Å²) in [5.74, 6) is 11.3. The van der Waals surface area contributed by atoms with Crippen LogP contribution >= 0.6 is 0 Å². The summed E-state index contributed by atoms with van der Waals surface area (Å²) >= 11 is 0. The Morgan fingerprint density at radius 1 is 1.04 bits per heavy atom. The maximum absolute atomic E-state index is 10.9. The van der Waals surface area contributed by atoms with Crippen LogP contribution in [0.5, 0.6) is 0 Å². The first kappa shape index (κ1) is 29.3. The van der Waals surface area contributed by atoms with Gasteiger partial charge in [-0.3, -0.25) is 4.79 Å². The third kappa shape index (κ3) is 25.9. The van der Waals surface area contributed by atoms with E-state index >= 15 is 0 Å². The predicted octanol–water partition coefficient (Wildman–Crippen LogP) is 6.29. The number of allylic oxidation sites excluding steroid dienone is 1. The average molecular weight is 370 g/mol. The summed E-state index contributed by atoms with van der Waals surface area (Å²) in [6, 6.07) is 8.21. The second kappa shape index (κ2) is 25.8. The Kier molecular flexibility index (Phi) is 28.0. The summed E-state index contributed by atoms with van der Waals surface area (Å²) in [6.07, 6.45) is 6.46. The standard InChI is InChI=1S/C10H10.C9H17NO.C4H6.C2H6/c1-3-4-10-7-5-9(2)6-8-10;1-3-5-7-9(11)10-8-6-4-2;1-3-4-2;1-2/h5-8H,1-2H3;3,5H,4,6-8H2,1-2H3,(H,10,11);1-2H3;1-2H3/b;5-3+;;. The number of hydrogen-bond donors (Lipinski definition) is 1. The van der Waals surface area contributed by atoms with Crippen molar-refractivity contribution in [2.75, 3.05) is 6.54 Å². The molecule has 27 heavy (non-hydrogen) atoms. The molecule has 1 amide bonds. The highest BCUT2D eigenvalue weighted by molar-refractivity contribution is 5.77. The van der Waals surface area contributed by atoms with Crippen molar-refractivity contribution in [3.63, 3.8) is 0 Å². The molecule has 0 aromatic heterocycles. The van der Waals surface area contributed by atoms with Gasteiger partial charge in [-0.2, -0.15) is 0 Å². The first-order valence-corrected chi connectivity index (χ1v) is 9.76. The zero-order valence-electron chi connectivity index (χ0n) is 18.7. The zero-order chi connectivity index (χ0) is 21.3. The molecule has 150 valence electrons. The lowest BCUT2D eigenvalue weighted by atomic mass is 10.2. The quantitative estimate of drug-likeness (QED) is 0.369. The summed E-state index contributed by atoms with van der Waals surface area (Å²) < 4.78 is 0. The van der Waals surface area contributed by atoms with Crippen LogP contribution in [0.25, 0.3) is 0 Å². The second-order valence-electron chi connectivity index (χ2n) is 5.22. The number of amides is 1. The van der Waals surface area contributed by atoms with Gasteiger partial charge in [-0.1, -0.05) is 63.0 Å². The fraction of sp³-hybridized carbons (Fsp3) is 0.480. The molecule has 0 atom stereocenters. The van der Waals surface area contributed by atoms with Gasteiger partial charge in [-0.15, -0.1) is 17.8 Å². The van der Waals surface area contributed by atoms with E-state index in [0.29, 0.717) is 6.42 Å². The molecule has 0 fully saturated rings. The van der Waals surface area contributed by atoms with Crippen LogP contribution in [0, 0.1) is 30.6 Å². The Morgan fingerprint density at radius 2 is 1.59 bits per heavy atom. The number of hydrogen-bond acceptors (Lipinski definition) is 1. The van der Waals surface area contributed by atoms with Gasteiger partial charge in [0.2, 0.25) is 5.91 Å². The monoisotopic (exact) mass is 369 g/mol. The van der Waals surface area contributed by atoms with Gasteiger partial charge in [0.05, 0.1) is 0 Å². The van der Waals surface area contributed by atoms with E-state index in [9.17, 15) is 4.79 Å². The first-order valence-electron chi connectivity index (χ1n) is 9.76. The number of rotatable bonds is 5. The molecule has 0 spiro atoms. The Bertz CT molecular complexity index is 583. The van der Waals surface area contributed by atoms with Crippen LogP contribution in [0.4, 0.5) is 0 Å². The van der Waals surface area contributed by atoms with E-state index in [4.69, 9.17) is 0 Å². The third-order valence-corrected chi connectivity index (χ3v) is 2.96. The smallest absolute Gasteiger partial charge is 0.223 e. The summed E-state index contributed by atoms with van der Waals surface area (Å²) in [6.45, 7) is 16.4. The molecule has 1 aromatic carbocycles. The highest BCUT2D eigenvalue weighted by Gasteiger charge is 1.94. The van der Waals surface area contributed by atoms with Crippen LogP contribution in [0.15, 0.2) is 36.4 Å². The van der Waals surface area contributed by atoms with E-state index in [-0.39, 0.29) is 5.91 Å². The minimum Gasteiger partial charge on any atom is -0.356 e. The zero-order valence-corrected chi connectivity index (χ0v) is 18.7. The second-order valence-corrected chi connectivity index (χ2v) is 5.22. The average Bonchev–Trinajstić information content (AvgIpc) is 2.71. The summed E-state index contributed by atoms with van der Waals surface area (Å²) in [5, 5.41) is 2.83. The van der Waals surface area contributed by atoms with Gasteiger partial charge in [0.25, 0.3) is 0 Å². The molecule has 0 radical (unpaired) electrons. The van der Waals surface area contributed by atoms with E-state index in [1.165, 1.54) is 5.56 Å². The molecular formula is C25H39NO. The van der Waals surface area contributed by atoms with Crippen LogP contribution < -0.4 is 5.32 Å². The number of nitrogens with one attached hydrogen (secondary N) is 1. The van der Waals surface area contributed by atoms with Crippen molar-refractivity contribution in [3.8, 4) is 23.7 Å². The van der Waals surface area contributed by atoms with Crippen molar-refractivity contribution >= 4 is 5.91 Å². The van der Waals surface area contributed by atoms with Crippen LogP contribution in [-0.4, -0.2) is 12.5 Å². The molecule has 0 heterocycles. The Balaban J connectivity index is -0.000000332. The third-order valence-electron chi connectivity index (χ3n) is 2.96. The minimum atomic E-state index is 0.122. The van der Waals surface area contributed by atoms with Crippen molar-refractivity contribution in [2.24, 2.45) is 0 Å². The van der Waals surface area contributed by atoms with E-state index in [2.05, 4.69) is 55.0 Å². The number of benzene rings is 1. The maximum Gasteiger partial charge on any atom is 0.223 e. The fourth-order valence-corrected chi connectivity index (χ4v) is 1.48. The number of aryl methyl sites for hydroxylation is 1. The summed E-state index contributed by atoms with van der Waals surface area (Å²) in [5.41, 5.74) is 2.37. The van der Waals surface area contributed by atoms with E-state index in [0.717, 1.165) is 24.9 Å². The van der Waals surface area contributed by atoms with Gasteiger partial charge >= 0.3 is 0 Å². The number of carbonyl (C=O) groups is 1. The van der Waals surface area contributed by atoms with Crippen molar-refractivity contribution < 1.29 is 4.79 Å². The van der Waals surface area contributed by atoms with Crippen LogP contribution in [0.2, 0.25) is 0 Å². The SMILES string of the molecule is C/C=C/CC(=O)NCCCC.CC.CC#CC.CC#Cc1ccc(C)cc1. The van der Waals surface area contributed by atoms with E-state index in [1.807, 2.05) is 65.8 Å². The van der Waals surface area contributed by atoms with Crippen molar-refractivity contribution in [1.82, 2.24) is 5.32 Å². The van der Waals surface area contributed by atoms with Crippen LogP contribution in [-0.2, 0) is 4.79 Å². The Hall–Kier alpha value is -2.45. The largest absolute Gasteiger partial charge is 0.356 e. The van der Waals surface area contributed by atoms with Gasteiger partial charge < -0.3 is 5.32 Å². The van der Waals surface area contributed by atoms with Crippen LogP contribution in [0.3, 0.4) is 0 Å². The normalized spacial score (nSPS) is 8.00. The highest BCUT2D eigenvalue weighted by atomic mass is 16.1. The lowest BCUT2D eigenvalue weighted by molar-refractivity contribution is -0.120. The van der Waals surface area contributed by atoms with Crippen LogP contribution in [0.1, 0.15) is 78.9 Å². The molecule has 0 saturated carbocycles. The molecule has 0 aliphatic heterocycles. The van der Waals surface area contributed by atoms with Gasteiger partial charge in [0.1, 0.15) is 0 Å². The molecule has 0 aliphatic carbocycles. The Labute approximate surface area is 168 Å².